The Balaban J connectivity index is 2.35. The van der Waals surface area contributed by atoms with Crippen LogP contribution in [-0.2, 0) is 4.74 Å². The predicted octanol–water partition coefficient (Wildman–Crippen LogP) is 5.30. The molecule has 2 aromatic rings. The first-order chi connectivity index (χ1) is 9.99. The van der Waals surface area contributed by atoms with Gasteiger partial charge in [-0.2, -0.15) is 0 Å². The molecule has 2 rings (SSSR count). The van der Waals surface area contributed by atoms with E-state index in [0.29, 0.717) is 27.0 Å². The Morgan fingerprint density at radius 3 is 2.29 bits per heavy atom. The second-order valence-corrected chi connectivity index (χ2v) is 5.54. The van der Waals surface area contributed by atoms with Crippen LogP contribution in [0.5, 0.6) is 0 Å². The molecule has 0 saturated carbocycles. The number of carbonyl (C=O) groups is 1. The summed E-state index contributed by atoms with van der Waals surface area (Å²) in [5.41, 5.74) is 1.59. The molecular weight excluding hydrogens is 309 g/mol. The van der Waals surface area contributed by atoms with E-state index >= 15 is 0 Å². The minimum atomic E-state index is -0.392. The minimum absolute atomic E-state index is 0.186. The second-order valence-electron chi connectivity index (χ2n) is 4.72. The van der Waals surface area contributed by atoms with Crippen molar-refractivity contribution in [1.82, 2.24) is 0 Å². The van der Waals surface area contributed by atoms with Gasteiger partial charge >= 0.3 is 5.97 Å². The summed E-state index contributed by atoms with van der Waals surface area (Å²) in [6.45, 7) is 3.61. The van der Waals surface area contributed by atoms with Crippen molar-refractivity contribution in [2.24, 2.45) is 0 Å². The maximum Gasteiger partial charge on any atom is 0.340 e. The fourth-order valence-electron chi connectivity index (χ4n) is 1.80. The molecule has 0 bridgehead atoms. The van der Waals surface area contributed by atoms with Crippen molar-refractivity contribution in [3.05, 3.63) is 58.1 Å². The molecule has 0 aliphatic carbocycles. The summed E-state index contributed by atoms with van der Waals surface area (Å²) in [6, 6.07) is 12.3. The van der Waals surface area contributed by atoms with E-state index in [1.165, 1.54) is 0 Å². The Hall–Kier alpha value is -1.71. The fraction of sp³-hybridized carbons (Fsp3) is 0.188. The number of anilines is 2. The van der Waals surface area contributed by atoms with E-state index < -0.39 is 5.97 Å². The van der Waals surface area contributed by atoms with E-state index in [0.717, 1.165) is 0 Å². The highest BCUT2D eigenvalue weighted by molar-refractivity contribution is 6.39. The third-order valence-corrected chi connectivity index (χ3v) is 3.34. The predicted molar refractivity (Wildman–Crippen MR) is 86.7 cm³/mol. The van der Waals surface area contributed by atoms with E-state index in [9.17, 15) is 4.79 Å². The minimum Gasteiger partial charge on any atom is -0.459 e. The number of halogens is 2. The first-order valence-electron chi connectivity index (χ1n) is 6.50. The van der Waals surface area contributed by atoms with Gasteiger partial charge in [0.15, 0.2) is 0 Å². The summed E-state index contributed by atoms with van der Waals surface area (Å²) >= 11 is 12.3. The standard InChI is InChI=1S/C16H15Cl2NO2/c1-10(2)21-16(20)11-6-3-4-9-14(11)19-15-12(17)7-5-8-13(15)18/h3-10,19H,1-2H3. The number of carbonyl (C=O) groups excluding carboxylic acids is 1. The highest BCUT2D eigenvalue weighted by atomic mass is 35.5. The number of para-hydroxylation sites is 2. The van der Waals surface area contributed by atoms with E-state index in [1.54, 1.807) is 50.2 Å². The second kappa shape index (κ2) is 6.83. The molecule has 0 fully saturated rings. The van der Waals surface area contributed by atoms with Crippen LogP contribution in [0.2, 0.25) is 10.0 Å². The highest BCUT2D eigenvalue weighted by Crippen LogP contribution is 2.33. The largest absolute Gasteiger partial charge is 0.459 e. The van der Waals surface area contributed by atoms with Gasteiger partial charge in [-0.3, -0.25) is 0 Å². The number of benzene rings is 2. The van der Waals surface area contributed by atoms with Gasteiger partial charge in [-0.15, -0.1) is 0 Å². The van der Waals surface area contributed by atoms with Gasteiger partial charge in [0.25, 0.3) is 0 Å². The van der Waals surface area contributed by atoms with Crippen LogP contribution < -0.4 is 5.32 Å². The molecule has 21 heavy (non-hydrogen) atoms. The lowest BCUT2D eigenvalue weighted by Gasteiger charge is -2.15. The van der Waals surface area contributed by atoms with Crippen molar-refractivity contribution in [2.75, 3.05) is 5.32 Å². The Bertz CT molecular complexity index is 636. The molecule has 0 radical (unpaired) electrons. The molecule has 0 atom stereocenters. The zero-order valence-corrected chi connectivity index (χ0v) is 13.2. The van der Waals surface area contributed by atoms with E-state index in [1.807, 2.05) is 6.07 Å². The Morgan fingerprint density at radius 2 is 1.67 bits per heavy atom. The van der Waals surface area contributed by atoms with E-state index in [4.69, 9.17) is 27.9 Å². The van der Waals surface area contributed by atoms with Crippen LogP contribution in [0, 0.1) is 0 Å². The highest BCUT2D eigenvalue weighted by Gasteiger charge is 2.15. The fourth-order valence-corrected chi connectivity index (χ4v) is 2.29. The van der Waals surface area contributed by atoms with E-state index in [2.05, 4.69) is 5.32 Å². The Morgan fingerprint density at radius 1 is 1.05 bits per heavy atom. The normalized spacial score (nSPS) is 10.5. The van der Waals surface area contributed by atoms with E-state index in [-0.39, 0.29) is 6.10 Å². The monoisotopic (exact) mass is 323 g/mol. The van der Waals surface area contributed by atoms with Crippen molar-refractivity contribution in [2.45, 2.75) is 20.0 Å². The van der Waals surface area contributed by atoms with Gasteiger partial charge in [-0.1, -0.05) is 41.4 Å². The molecule has 0 heterocycles. The summed E-state index contributed by atoms with van der Waals surface area (Å²) in [5.74, 6) is -0.392. The van der Waals surface area contributed by atoms with Gasteiger partial charge in [-0.05, 0) is 38.1 Å². The van der Waals surface area contributed by atoms with Gasteiger partial charge in [0.2, 0.25) is 0 Å². The van der Waals surface area contributed by atoms with Crippen LogP contribution in [0.15, 0.2) is 42.5 Å². The molecule has 0 aliphatic heterocycles. The summed E-state index contributed by atoms with van der Waals surface area (Å²) in [4.78, 5) is 12.1. The maximum absolute atomic E-state index is 12.1. The third kappa shape index (κ3) is 3.90. The summed E-state index contributed by atoms with van der Waals surface area (Å²) < 4.78 is 5.23. The van der Waals surface area contributed by atoms with Gasteiger partial charge in [0, 0.05) is 0 Å². The molecular formula is C16H15Cl2NO2. The summed E-state index contributed by atoms with van der Waals surface area (Å²) in [6.07, 6.45) is -0.186. The van der Waals surface area contributed by atoms with Crippen LogP contribution in [0.1, 0.15) is 24.2 Å². The number of hydrogen-bond donors (Lipinski definition) is 1. The first kappa shape index (κ1) is 15.7. The molecule has 110 valence electrons. The summed E-state index contributed by atoms with van der Waals surface area (Å²) in [7, 11) is 0. The molecule has 0 aliphatic rings. The van der Waals surface area contributed by atoms with Crippen molar-refractivity contribution < 1.29 is 9.53 Å². The van der Waals surface area contributed by atoms with Gasteiger partial charge < -0.3 is 10.1 Å². The van der Waals surface area contributed by atoms with Crippen LogP contribution in [0.4, 0.5) is 11.4 Å². The molecule has 0 spiro atoms. The quantitative estimate of drug-likeness (QED) is 0.775. The lowest BCUT2D eigenvalue weighted by atomic mass is 10.1. The Kier molecular flexibility index (Phi) is 5.10. The Labute approximate surface area is 133 Å². The maximum atomic E-state index is 12.1. The summed E-state index contributed by atoms with van der Waals surface area (Å²) in [5, 5.41) is 4.06. The van der Waals surface area contributed by atoms with Gasteiger partial charge in [0.1, 0.15) is 0 Å². The number of esters is 1. The number of nitrogens with one attached hydrogen (secondary N) is 1. The smallest absolute Gasteiger partial charge is 0.340 e. The van der Waals surface area contributed by atoms with Gasteiger partial charge in [0.05, 0.1) is 33.1 Å². The molecule has 0 aromatic heterocycles. The van der Waals surface area contributed by atoms with Crippen LogP contribution in [0.25, 0.3) is 0 Å². The van der Waals surface area contributed by atoms with Crippen molar-refractivity contribution >= 4 is 40.5 Å². The van der Waals surface area contributed by atoms with Crippen molar-refractivity contribution in [3.8, 4) is 0 Å². The molecule has 5 heteroatoms. The molecule has 1 N–H and O–H groups in total. The zero-order chi connectivity index (χ0) is 15.4. The van der Waals surface area contributed by atoms with Crippen molar-refractivity contribution in [1.29, 1.82) is 0 Å². The van der Waals surface area contributed by atoms with Crippen LogP contribution in [-0.4, -0.2) is 12.1 Å². The number of rotatable bonds is 4. The van der Waals surface area contributed by atoms with Gasteiger partial charge in [-0.25, -0.2) is 4.79 Å². The molecule has 0 unspecified atom stereocenters. The third-order valence-electron chi connectivity index (χ3n) is 2.71. The SMILES string of the molecule is CC(C)OC(=O)c1ccccc1Nc1c(Cl)cccc1Cl. The average molecular weight is 324 g/mol. The van der Waals surface area contributed by atoms with Crippen molar-refractivity contribution in [3.63, 3.8) is 0 Å². The lowest BCUT2D eigenvalue weighted by molar-refractivity contribution is 0.0379. The molecule has 0 amide bonds. The molecule has 3 nitrogen and oxygen atoms in total. The first-order valence-corrected chi connectivity index (χ1v) is 7.25. The average Bonchev–Trinajstić information content (AvgIpc) is 2.43. The van der Waals surface area contributed by atoms with Crippen LogP contribution in [0.3, 0.4) is 0 Å². The van der Waals surface area contributed by atoms with Crippen LogP contribution >= 0.6 is 23.2 Å². The zero-order valence-electron chi connectivity index (χ0n) is 11.7. The number of ether oxygens (including phenoxy) is 1. The lowest BCUT2D eigenvalue weighted by Crippen LogP contribution is -2.13. The topological polar surface area (TPSA) is 38.3 Å². The number of hydrogen-bond acceptors (Lipinski definition) is 3. The molecule has 0 saturated heterocycles. The molecule has 2 aromatic carbocycles.